The number of fused-ring (bicyclic) bond motifs is 1. The molecule has 0 amide bonds. The van der Waals surface area contributed by atoms with Crippen molar-refractivity contribution in [1.29, 1.82) is 0 Å². The van der Waals surface area contributed by atoms with Crippen LogP contribution in [-0.2, 0) is 19.4 Å². The molecule has 1 N–H and O–H groups in total. The first-order valence-electron chi connectivity index (χ1n) is 5.96. The van der Waals surface area contributed by atoms with Crippen LogP contribution in [-0.4, -0.2) is 29.2 Å². The van der Waals surface area contributed by atoms with Crippen LogP contribution in [0.15, 0.2) is 18.2 Å². The van der Waals surface area contributed by atoms with E-state index < -0.39 is 5.60 Å². The maximum atomic E-state index is 9.92. The van der Waals surface area contributed by atoms with Crippen LogP contribution in [0.2, 0.25) is 0 Å². The van der Waals surface area contributed by atoms with Crippen LogP contribution >= 0.6 is 0 Å². The van der Waals surface area contributed by atoms with Gasteiger partial charge in [-0.05, 0) is 44.0 Å². The van der Waals surface area contributed by atoms with Crippen LogP contribution in [0, 0.1) is 0 Å². The lowest BCUT2D eigenvalue weighted by Gasteiger charge is -2.28. The normalized spacial score (nSPS) is 17.2. The first-order chi connectivity index (χ1) is 7.46. The third-order valence-electron chi connectivity index (χ3n) is 3.18. The van der Waals surface area contributed by atoms with Gasteiger partial charge in [-0.15, -0.1) is 0 Å². The molecule has 2 nitrogen and oxygen atoms in total. The molecule has 1 aromatic rings. The number of aliphatic hydroxyl groups is 1. The Labute approximate surface area is 97.9 Å². The average molecular weight is 219 g/mol. The summed E-state index contributed by atoms with van der Waals surface area (Å²) in [4.78, 5) is 2.34. The Morgan fingerprint density at radius 3 is 2.81 bits per heavy atom. The molecular weight excluding hydrogens is 198 g/mol. The molecule has 0 radical (unpaired) electrons. The zero-order valence-electron chi connectivity index (χ0n) is 10.5. The second-order valence-electron chi connectivity index (χ2n) is 5.53. The highest BCUT2D eigenvalue weighted by atomic mass is 16.3. The molecule has 0 saturated carbocycles. The van der Waals surface area contributed by atoms with Crippen LogP contribution in [0.3, 0.4) is 0 Å². The number of rotatable bonds is 2. The van der Waals surface area contributed by atoms with Gasteiger partial charge in [0.2, 0.25) is 0 Å². The third kappa shape index (κ3) is 2.63. The van der Waals surface area contributed by atoms with Crippen molar-refractivity contribution >= 4 is 0 Å². The van der Waals surface area contributed by atoms with E-state index in [9.17, 15) is 5.11 Å². The van der Waals surface area contributed by atoms with E-state index in [4.69, 9.17) is 0 Å². The smallest absolute Gasteiger partial charge is 0.0632 e. The van der Waals surface area contributed by atoms with E-state index in [1.165, 1.54) is 16.7 Å². The first kappa shape index (κ1) is 11.6. The quantitative estimate of drug-likeness (QED) is 0.822. The van der Waals surface area contributed by atoms with Gasteiger partial charge < -0.3 is 10.0 Å². The fraction of sp³-hybridized carbons (Fsp3) is 0.571. The molecule has 0 spiro atoms. The Balaban J connectivity index is 2.32. The van der Waals surface area contributed by atoms with Crippen molar-refractivity contribution in [2.24, 2.45) is 0 Å². The second-order valence-corrected chi connectivity index (χ2v) is 5.53. The van der Waals surface area contributed by atoms with Gasteiger partial charge >= 0.3 is 0 Å². The van der Waals surface area contributed by atoms with Crippen LogP contribution in [0.1, 0.15) is 30.5 Å². The lowest BCUT2D eigenvalue weighted by Crippen LogP contribution is -2.29. The molecule has 1 aromatic carbocycles. The molecule has 1 aliphatic heterocycles. The standard InChI is InChI=1S/C14H21NO/c1-14(2,16)9-12-6-4-5-11-7-8-15(3)10-13(11)12/h4-6,16H,7-10H2,1-3H3. The predicted molar refractivity (Wildman–Crippen MR) is 66.5 cm³/mol. The van der Waals surface area contributed by atoms with E-state index in [0.29, 0.717) is 0 Å². The fourth-order valence-corrected chi connectivity index (χ4v) is 2.42. The van der Waals surface area contributed by atoms with Gasteiger partial charge in [-0.2, -0.15) is 0 Å². The Kier molecular flexibility index (Phi) is 3.04. The predicted octanol–water partition coefficient (Wildman–Crippen LogP) is 1.99. The lowest BCUT2D eigenvalue weighted by atomic mass is 9.89. The summed E-state index contributed by atoms with van der Waals surface area (Å²) >= 11 is 0. The third-order valence-corrected chi connectivity index (χ3v) is 3.18. The number of hydrogen-bond donors (Lipinski definition) is 1. The maximum Gasteiger partial charge on any atom is 0.0632 e. The van der Waals surface area contributed by atoms with Crippen LogP contribution in [0.4, 0.5) is 0 Å². The van der Waals surface area contributed by atoms with Gasteiger partial charge in [0.1, 0.15) is 0 Å². The van der Waals surface area contributed by atoms with Crippen LogP contribution in [0.5, 0.6) is 0 Å². The summed E-state index contributed by atoms with van der Waals surface area (Å²) < 4.78 is 0. The van der Waals surface area contributed by atoms with Gasteiger partial charge in [0.15, 0.2) is 0 Å². The number of benzene rings is 1. The largest absolute Gasteiger partial charge is 0.390 e. The van der Waals surface area contributed by atoms with Gasteiger partial charge in [-0.3, -0.25) is 0 Å². The Hall–Kier alpha value is -0.860. The number of hydrogen-bond acceptors (Lipinski definition) is 2. The van der Waals surface area contributed by atoms with Gasteiger partial charge in [0, 0.05) is 19.5 Å². The summed E-state index contributed by atoms with van der Waals surface area (Å²) in [6.45, 7) is 5.90. The Morgan fingerprint density at radius 1 is 1.38 bits per heavy atom. The summed E-state index contributed by atoms with van der Waals surface area (Å²) in [5.74, 6) is 0. The summed E-state index contributed by atoms with van der Waals surface area (Å²) in [6, 6.07) is 6.48. The minimum absolute atomic E-state index is 0.620. The summed E-state index contributed by atoms with van der Waals surface area (Å²) in [5.41, 5.74) is 3.57. The maximum absolute atomic E-state index is 9.92. The first-order valence-corrected chi connectivity index (χ1v) is 5.96. The zero-order chi connectivity index (χ0) is 11.8. The molecule has 88 valence electrons. The highest BCUT2D eigenvalue weighted by molar-refractivity contribution is 5.37. The van der Waals surface area contributed by atoms with Crippen molar-refractivity contribution in [2.75, 3.05) is 13.6 Å². The van der Waals surface area contributed by atoms with E-state index in [1.54, 1.807) is 0 Å². The van der Waals surface area contributed by atoms with Gasteiger partial charge in [0.05, 0.1) is 5.60 Å². The lowest BCUT2D eigenvalue weighted by molar-refractivity contribution is 0.0804. The SMILES string of the molecule is CN1CCc2cccc(CC(C)(C)O)c2C1. The molecule has 0 atom stereocenters. The molecule has 2 rings (SSSR count). The van der Waals surface area contributed by atoms with Crippen molar-refractivity contribution in [2.45, 2.75) is 38.8 Å². The molecule has 0 aliphatic carbocycles. The molecule has 0 aromatic heterocycles. The Morgan fingerprint density at radius 2 is 2.12 bits per heavy atom. The molecule has 0 unspecified atom stereocenters. The van der Waals surface area contributed by atoms with Crippen LogP contribution in [0.25, 0.3) is 0 Å². The number of likely N-dealkylation sites (N-methyl/N-ethyl adjacent to an activating group) is 1. The van der Waals surface area contributed by atoms with Crippen molar-refractivity contribution in [3.05, 3.63) is 34.9 Å². The second kappa shape index (κ2) is 4.19. The van der Waals surface area contributed by atoms with E-state index in [2.05, 4.69) is 30.1 Å². The summed E-state index contributed by atoms with van der Waals surface area (Å²) in [5, 5.41) is 9.92. The van der Waals surface area contributed by atoms with Crippen molar-refractivity contribution in [3.8, 4) is 0 Å². The number of nitrogens with zero attached hydrogens (tertiary/aromatic N) is 1. The molecule has 0 fully saturated rings. The molecular formula is C14H21NO. The highest BCUT2D eigenvalue weighted by Gasteiger charge is 2.20. The Bertz CT molecular complexity index is 379. The topological polar surface area (TPSA) is 23.5 Å². The fourth-order valence-electron chi connectivity index (χ4n) is 2.42. The van der Waals surface area contributed by atoms with Gasteiger partial charge in [-0.1, -0.05) is 18.2 Å². The summed E-state index contributed by atoms with van der Waals surface area (Å²) in [7, 11) is 2.16. The van der Waals surface area contributed by atoms with Gasteiger partial charge in [0.25, 0.3) is 0 Å². The van der Waals surface area contributed by atoms with E-state index >= 15 is 0 Å². The molecule has 2 heteroatoms. The molecule has 0 bridgehead atoms. The minimum atomic E-state index is -0.620. The molecule has 1 heterocycles. The van der Waals surface area contributed by atoms with Crippen molar-refractivity contribution in [1.82, 2.24) is 4.90 Å². The monoisotopic (exact) mass is 219 g/mol. The summed E-state index contributed by atoms with van der Waals surface area (Å²) in [6.07, 6.45) is 1.87. The van der Waals surface area contributed by atoms with Crippen LogP contribution < -0.4 is 0 Å². The van der Waals surface area contributed by atoms with Crippen molar-refractivity contribution < 1.29 is 5.11 Å². The zero-order valence-corrected chi connectivity index (χ0v) is 10.5. The molecule has 1 aliphatic rings. The molecule has 0 saturated heterocycles. The van der Waals surface area contributed by atoms with Crippen molar-refractivity contribution in [3.63, 3.8) is 0 Å². The van der Waals surface area contributed by atoms with E-state index in [0.717, 1.165) is 25.9 Å². The van der Waals surface area contributed by atoms with E-state index in [-0.39, 0.29) is 0 Å². The highest BCUT2D eigenvalue weighted by Crippen LogP contribution is 2.24. The average Bonchev–Trinajstić information content (AvgIpc) is 2.17. The van der Waals surface area contributed by atoms with Gasteiger partial charge in [-0.25, -0.2) is 0 Å². The molecule has 16 heavy (non-hydrogen) atoms. The minimum Gasteiger partial charge on any atom is -0.390 e. The van der Waals surface area contributed by atoms with E-state index in [1.807, 2.05) is 13.8 Å².